The molecule has 0 aliphatic heterocycles. The minimum atomic E-state index is -0.614. The van der Waals surface area contributed by atoms with Crippen LogP contribution in [0.2, 0.25) is 5.02 Å². The van der Waals surface area contributed by atoms with Gasteiger partial charge in [0, 0.05) is 10.6 Å². The van der Waals surface area contributed by atoms with Crippen molar-refractivity contribution in [3.8, 4) is 0 Å². The fraction of sp³-hybridized carbons (Fsp3) is 0.0909. The van der Waals surface area contributed by atoms with Gasteiger partial charge in [0.1, 0.15) is 12.2 Å². The van der Waals surface area contributed by atoms with E-state index < -0.39 is 11.9 Å². The number of aromatic amines is 1. The Hall–Kier alpha value is -2.41. The Bertz CT molecular complexity index is 567. The van der Waals surface area contributed by atoms with Gasteiger partial charge < -0.3 is 5.32 Å². The first-order chi connectivity index (χ1) is 9.15. The van der Waals surface area contributed by atoms with Crippen molar-refractivity contribution in [2.24, 2.45) is 0 Å². The number of amides is 3. The highest BCUT2D eigenvalue weighted by Crippen LogP contribution is 2.09. The number of imide groups is 1. The zero-order chi connectivity index (χ0) is 13.7. The number of benzene rings is 1. The first kappa shape index (κ1) is 13.0. The molecule has 0 aliphatic carbocycles. The highest BCUT2D eigenvalue weighted by molar-refractivity contribution is 6.30. The number of nitrogens with zero attached hydrogens (tertiary/aromatic N) is 2. The summed E-state index contributed by atoms with van der Waals surface area (Å²) >= 11 is 5.70. The van der Waals surface area contributed by atoms with Gasteiger partial charge in [0.2, 0.25) is 0 Å². The molecule has 1 aromatic carbocycles. The van der Waals surface area contributed by atoms with E-state index in [1.807, 2.05) is 0 Å². The van der Waals surface area contributed by atoms with E-state index in [1.165, 1.54) is 18.5 Å². The molecule has 3 amide bonds. The predicted octanol–water partition coefficient (Wildman–Crippen LogP) is 1.10. The fourth-order valence-electron chi connectivity index (χ4n) is 1.30. The number of carbonyl (C=O) groups is 2. The quantitative estimate of drug-likeness (QED) is 0.783. The zero-order valence-corrected chi connectivity index (χ0v) is 10.4. The van der Waals surface area contributed by atoms with E-state index in [-0.39, 0.29) is 6.54 Å². The number of nitrogens with one attached hydrogen (secondary N) is 3. The predicted molar refractivity (Wildman–Crippen MR) is 67.5 cm³/mol. The van der Waals surface area contributed by atoms with Gasteiger partial charge in [-0.2, -0.15) is 5.10 Å². The third-order valence-electron chi connectivity index (χ3n) is 2.21. The molecule has 8 heteroatoms. The van der Waals surface area contributed by atoms with Crippen LogP contribution in [0.25, 0.3) is 0 Å². The SMILES string of the molecule is O=C(NCc1ncn[nH]1)NC(=O)c1ccc(Cl)cc1. The van der Waals surface area contributed by atoms with Gasteiger partial charge in [-0.3, -0.25) is 15.2 Å². The number of halogens is 1. The van der Waals surface area contributed by atoms with Crippen LogP contribution in [-0.4, -0.2) is 27.1 Å². The summed E-state index contributed by atoms with van der Waals surface area (Å²) in [5, 5.41) is 11.4. The number of H-pyrrole nitrogens is 1. The van der Waals surface area contributed by atoms with Crippen molar-refractivity contribution in [2.45, 2.75) is 6.54 Å². The second-order valence-corrected chi connectivity index (χ2v) is 4.01. The monoisotopic (exact) mass is 279 g/mol. The number of hydrogen-bond acceptors (Lipinski definition) is 4. The van der Waals surface area contributed by atoms with E-state index in [2.05, 4.69) is 25.8 Å². The van der Waals surface area contributed by atoms with Gasteiger partial charge in [-0.05, 0) is 24.3 Å². The first-order valence-corrected chi connectivity index (χ1v) is 5.72. The Balaban J connectivity index is 1.85. The Labute approximate surface area is 113 Å². The summed E-state index contributed by atoms with van der Waals surface area (Å²) in [4.78, 5) is 27.0. The van der Waals surface area contributed by atoms with Gasteiger partial charge in [-0.15, -0.1) is 0 Å². The molecule has 3 N–H and O–H groups in total. The summed E-state index contributed by atoms with van der Waals surface area (Å²) in [6, 6.07) is 5.59. The molecule has 0 saturated heterocycles. The second-order valence-electron chi connectivity index (χ2n) is 3.58. The van der Waals surface area contributed by atoms with Crippen LogP contribution in [0.1, 0.15) is 16.2 Å². The van der Waals surface area contributed by atoms with Crippen LogP contribution in [0.3, 0.4) is 0 Å². The molecule has 98 valence electrons. The highest BCUT2D eigenvalue weighted by Gasteiger charge is 2.10. The smallest absolute Gasteiger partial charge is 0.322 e. The zero-order valence-electron chi connectivity index (χ0n) is 9.68. The van der Waals surface area contributed by atoms with Crippen molar-refractivity contribution in [1.82, 2.24) is 25.8 Å². The first-order valence-electron chi connectivity index (χ1n) is 5.34. The number of hydrogen-bond donors (Lipinski definition) is 3. The molecule has 0 atom stereocenters. The molecule has 1 heterocycles. The summed E-state index contributed by atoms with van der Waals surface area (Å²) in [5.74, 6) is -0.0131. The number of aromatic nitrogens is 3. The van der Waals surface area contributed by atoms with Crippen LogP contribution in [0.5, 0.6) is 0 Å². The maximum Gasteiger partial charge on any atom is 0.322 e. The fourth-order valence-corrected chi connectivity index (χ4v) is 1.43. The molecule has 7 nitrogen and oxygen atoms in total. The van der Waals surface area contributed by atoms with Crippen LogP contribution in [0.4, 0.5) is 4.79 Å². The molecule has 1 aromatic heterocycles. The van der Waals surface area contributed by atoms with Crippen molar-refractivity contribution in [1.29, 1.82) is 0 Å². The molecule has 19 heavy (non-hydrogen) atoms. The average Bonchev–Trinajstić information content (AvgIpc) is 2.90. The van der Waals surface area contributed by atoms with Gasteiger partial charge >= 0.3 is 6.03 Å². The van der Waals surface area contributed by atoms with Crippen LogP contribution < -0.4 is 10.6 Å². The van der Waals surface area contributed by atoms with Crippen LogP contribution >= 0.6 is 11.6 Å². The Morgan fingerprint density at radius 3 is 2.63 bits per heavy atom. The van der Waals surface area contributed by atoms with E-state index in [4.69, 9.17) is 11.6 Å². The summed E-state index contributed by atoms with van der Waals surface area (Å²) in [7, 11) is 0. The minimum absolute atomic E-state index is 0.153. The Kier molecular flexibility index (Phi) is 4.09. The number of urea groups is 1. The van der Waals surface area contributed by atoms with E-state index in [0.29, 0.717) is 16.4 Å². The molecule has 0 radical (unpaired) electrons. The molecule has 2 aromatic rings. The minimum Gasteiger partial charge on any atom is -0.331 e. The molecule has 0 unspecified atom stereocenters. The van der Waals surface area contributed by atoms with E-state index >= 15 is 0 Å². The van der Waals surface area contributed by atoms with Crippen molar-refractivity contribution in [3.05, 3.63) is 47.0 Å². The molecular weight excluding hydrogens is 270 g/mol. The second kappa shape index (κ2) is 5.96. The van der Waals surface area contributed by atoms with Crippen molar-refractivity contribution in [2.75, 3.05) is 0 Å². The summed E-state index contributed by atoms with van der Waals surface area (Å²) < 4.78 is 0. The molecule has 2 rings (SSSR count). The lowest BCUT2D eigenvalue weighted by Crippen LogP contribution is -2.39. The Morgan fingerprint density at radius 2 is 2.00 bits per heavy atom. The average molecular weight is 280 g/mol. The van der Waals surface area contributed by atoms with Gasteiger partial charge in [-0.1, -0.05) is 11.6 Å². The maximum atomic E-state index is 11.7. The largest absolute Gasteiger partial charge is 0.331 e. The van der Waals surface area contributed by atoms with E-state index in [9.17, 15) is 9.59 Å². The third-order valence-corrected chi connectivity index (χ3v) is 2.47. The molecule has 0 saturated carbocycles. The standard InChI is InChI=1S/C11H10ClN5O2/c12-8-3-1-7(2-4-8)10(18)16-11(19)13-5-9-14-6-15-17-9/h1-4,6H,5H2,(H,14,15,17)(H2,13,16,18,19). The van der Waals surface area contributed by atoms with Gasteiger partial charge in [0.05, 0.1) is 6.54 Å². The molecule has 0 spiro atoms. The summed E-state index contributed by atoms with van der Waals surface area (Å²) in [6.07, 6.45) is 1.33. The third kappa shape index (κ3) is 3.78. The molecule has 0 bridgehead atoms. The summed E-state index contributed by atoms with van der Waals surface area (Å²) in [6.45, 7) is 0.153. The lowest BCUT2D eigenvalue weighted by Gasteiger charge is -2.05. The van der Waals surface area contributed by atoms with Crippen molar-refractivity contribution in [3.63, 3.8) is 0 Å². The molecule has 0 fully saturated rings. The number of rotatable bonds is 3. The summed E-state index contributed by atoms with van der Waals surface area (Å²) in [5.41, 5.74) is 0.346. The molecular formula is C11H10ClN5O2. The highest BCUT2D eigenvalue weighted by atomic mass is 35.5. The molecule has 0 aliphatic rings. The number of carbonyl (C=O) groups excluding carboxylic acids is 2. The lowest BCUT2D eigenvalue weighted by molar-refractivity contribution is 0.0964. The van der Waals surface area contributed by atoms with E-state index in [0.717, 1.165) is 0 Å². The van der Waals surface area contributed by atoms with Crippen molar-refractivity contribution < 1.29 is 9.59 Å². The Morgan fingerprint density at radius 1 is 1.26 bits per heavy atom. The van der Waals surface area contributed by atoms with Gasteiger partial charge in [-0.25, -0.2) is 9.78 Å². The van der Waals surface area contributed by atoms with Crippen molar-refractivity contribution >= 4 is 23.5 Å². The normalized spacial score (nSPS) is 9.95. The van der Waals surface area contributed by atoms with Crippen LogP contribution in [0, 0.1) is 0 Å². The van der Waals surface area contributed by atoms with Gasteiger partial charge in [0.15, 0.2) is 0 Å². The van der Waals surface area contributed by atoms with Crippen LogP contribution in [-0.2, 0) is 6.54 Å². The lowest BCUT2D eigenvalue weighted by atomic mass is 10.2. The maximum absolute atomic E-state index is 11.7. The van der Waals surface area contributed by atoms with Crippen LogP contribution in [0.15, 0.2) is 30.6 Å². The topological polar surface area (TPSA) is 99.8 Å². The van der Waals surface area contributed by atoms with E-state index in [1.54, 1.807) is 12.1 Å². The van der Waals surface area contributed by atoms with Gasteiger partial charge in [0.25, 0.3) is 5.91 Å².